The highest BCUT2D eigenvalue weighted by molar-refractivity contribution is 7.92. The predicted molar refractivity (Wildman–Crippen MR) is 126 cm³/mol. The van der Waals surface area contributed by atoms with E-state index in [0.717, 1.165) is 12.0 Å². The van der Waals surface area contributed by atoms with Crippen molar-refractivity contribution >= 4 is 27.5 Å². The summed E-state index contributed by atoms with van der Waals surface area (Å²) >= 11 is 0. The predicted octanol–water partition coefficient (Wildman–Crippen LogP) is 4.00. The second-order valence-electron chi connectivity index (χ2n) is 7.68. The van der Waals surface area contributed by atoms with Gasteiger partial charge >= 0.3 is 0 Å². The molecule has 0 fully saturated rings. The first kappa shape index (κ1) is 23.1. The number of phenols is 1. The van der Waals surface area contributed by atoms with E-state index in [9.17, 15) is 18.3 Å². The number of hydrogen-bond acceptors (Lipinski definition) is 7. The molecule has 0 spiro atoms. The second-order valence-corrected chi connectivity index (χ2v) is 9.36. The number of hydrogen-bond donors (Lipinski definition) is 4. The molecule has 0 saturated carbocycles. The average Bonchev–Trinajstić information content (AvgIpc) is 3.43. The van der Waals surface area contributed by atoms with Crippen LogP contribution in [0.1, 0.15) is 34.2 Å². The number of benzene rings is 2. The minimum Gasteiger partial charge on any atom is -0.507 e. The Hall–Kier alpha value is -4.12. The number of nitrogens with zero attached hydrogens (tertiary/aromatic N) is 2. The number of carbonyl (C=O) groups excluding carboxylic acids is 1. The van der Waals surface area contributed by atoms with Crippen LogP contribution in [0.5, 0.6) is 5.75 Å². The monoisotopic (exact) mass is 481 g/mol. The molecule has 10 nitrogen and oxygen atoms in total. The highest BCUT2D eigenvalue weighted by Gasteiger charge is 2.20. The molecule has 4 N–H and O–H groups in total. The Balaban J connectivity index is 1.47. The maximum Gasteiger partial charge on any atom is 0.273 e. The molecule has 0 unspecified atom stereocenters. The summed E-state index contributed by atoms with van der Waals surface area (Å²) in [6.45, 7) is 5.41. The fourth-order valence-corrected chi connectivity index (χ4v) is 4.24. The fraction of sp³-hybridized carbons (Fsp3) is 0.174. The van der Waals surface area contributed by atoms with Gasteiger partial charge < -0.3 is 14.9 Å². The molecule has 2 aromatic carbocycles. The number of nitrogens with one attached hydrogen (secondary N) is 3. The van der Waals surface area contributed by atoms with Crippen LogP contribution >= 0.6 is 0 Å². The maximum absolute atomic E-state index is 12.6. The highest BCUT2D eigenvalue weighted by atomic mass is 32.2. The molecule has 2 aromatic heterocycles. The van der Waals surface area contributed by atoms with Gasteiger partial charge in [-0.2, -0.15) is 5.10 Å². The largest absolute Gasteiger partial charge is 0.507 e. The van der Waals surface area contributed by atoms with E-state index in [4.69, 9.17) is 4.52 Å². The van der Waals surface area contributed by atoms with Gasteiger partial charge in [0.2, 0.25) is 5.88 Å². The van der Waals surface area contributed by atoms with Crippen molar-refractivity contribution in [1.82, 2.24) is 15.4 Å². The molecule has 11 heteroatoms. The number of aromatic hydroxyl groups is 1. The van der Waals surface area contributed by atoms with Gasteiger partial charge in [0, 0.05) is 16.8 Å². The Morgan fingerprint density at radius 2 is 1.85 bits per heavy atom. The van der Waals surface area contributed by atoms with Crippen molar-refractivity contribution < 1.29 is 22.8 Å². The summed E-state index contributed by atoms with van der Waals surface area (Å²) < 4.78 is 32.6. The van der Waals surface area contributed by atoms with E-state index in [1.807, 2.05) is 19.1 Å². The van der Waals surface area contributed by atoms with E-state index in [-0.39, 0.29) is 22.2 Å². The summed E-state index contributed by atoms with van der Waals surface area (Å²) in [7, 11) is -3.89. The third-order valence-electron chi connectivity index (χ3n) is 5.37. The minimum absolute atomic E-state index is 0.00550. The lowest BCUT2D eigenvalue weighted by Crippen LogP contribution is -2.14. The first-order valence-electron chi connectivity index (χ1n) is 10.4. The molecule has 0 aliphatic carbocycles. The number of sulfonamides is 1. The Kier molecular flexibility index (Phi) is 6.12. The van der Waals surface area contributed by atoms with Crippen molar-refractivity contribution in [2.24, 2.45) is 0 Å². The van der Waals surface area contributed by atoms with Gasteiger partial charge in [-0.1, -0.05) is 18.1 Å². The lowest BCUT2D eigenvalue weighted by atomic mass is 10.1. The zero-order chi connectivity index (χ0) is 24.5. The molecule has 1 amide bonds. The number of phenolic OH excluding ortho intramolecular Hbond substituents is 1. The molecule has 4 rings (SSSR count). The average molecular weight is 482 g/mol. The summed E-state index contributed by atoms with van der Waals surface area (Å²) in [5.41, 5.74) is 3.75. The SMILES string of the molecule is CCc1ccc(O)c(-c2cc(C(=O)Nc3ccc(S(=O)(=O)Nc4onc(C)c4C)cc3)[nH]n2)c1. The Bertz CT molecular complexity index is 1460. The Morgan fingerprint density at radius 1 is 1.12 bits per heavy atom. The number of rotatable bonds is 7. The van der Waals surface area contributed by atoms with Crippen LogP contribution in [0.25, 0.3) is 11.3 Å². The quantitative estimate of drug-likeness (QED) is 0.311. The van der Waals surface area contributed by atoms with Gasteiger partial charge in [-0.05, 0) is 68.3 Å². The van der Waals surface area contributed by atoms with Crippen molar-refractivity contribution in [1.29, 1.82) is 0 Å². The van der Waals surface area contributed by atoms with Crippen LogP contribution in [0.2, 0.25) is 0 Å². The number of amides is 1. The minimum atomic E-state index is -3.89. The number of anilines is 2. The van der Waals surface area contributed by atoms with E-state index in [0.29, 0.717) is 28.2 Å². The number of aryl methyl sites for hydroxylation is 2. The summed E-state index contributed by atoms with van der Waals surface area (Å²) in [6.07, 6.45) is 0.796. The lowest BCUT2D eigenvalue weighted by Gasteiger charge is -2.08. The number of H-pyrrole nitrogens is 1. The van der Waals surface area contributed by atoms with Crippen LogP contribution in [0.15, 0.2) is 57.9 Å². The van der Waals surface area contributed by atoms with Crippen molar-refractivity contribution in [2.45, 2.75) is 32.1 Å². The van der Waals surface area contributed by atoms with Crippen LogP contribution < -0.4 is 10.0 Å². The van der Waals surface area contributed by atoms with E-state index in [1.165, 1.54) is 30.3 Å². The Morgan fingerprint density at radius 3 is 2.50 bits per heavy atom. The maximum atomic E-state index is 12.6. The molecule has 0 saturated heterocycles. The smallest absolute Gasteiger partial charge is 0.273 e. The fourth-order valence-electron chi connectivity index (χ4n) is 3.19. The number of aromatic nitrogens is 3. The van der Waals surface area contributed by atoms with Gasteiger partial charge in [0.15, 0.2) is 0 Å². The third kappa shape index (κ3) is 4.64. The topological polar surface area (TPSA) is 150 Å². The summed E-state index contributed by atoms with van der Waals surface area (Å²) in [5, 5.41) is 23.4. The summed E-state index contributed by atoms with van der Waals surface area (Å²) in [4.78, 5) is 12.6. The van der Waals surface area contributed by atoms with Crippen LogP contribution in [-0.2, 0) is 16.4 Å². The molecule has 0 radical (unpaired) electrons. The zero-order valence-electron chi connectivity index (χ0n) is 18.7. The van der Waals surface area contributed by atoms with Gasteiger partial charge in [0.25, 0.3) is 15.9 Å². The summed E-state index contributed by atoms with van der Waals surface area (Å²) in [5.74, 6) is -0.344. The van der Waals surface area contributed by atoms with Crippen LogP contribution in [0.4, 0.5) is 11.6 Å². The first-order chi connectivity index (χ1) is 16.2. The first-order valence-corrected chi connectivity index (χ1v) is 11.9. The van der Waals surface area contributed by atoms with Crippen LogP contribution in [-0.4, -0.2) is 34.8 Å². The molecule has 0 aliphatic rings. The van der Waals surface area contributed by atoms with Crippen LogP contribution in [0.3, 0.4) is 0 Å². The van der Waals surface area contributed by atoms with Gasteiger partial charge in [0.05, 0.1) is 16.3 Å². The van der Waals surface area contributed by atoms with E-state index in [1.54, 1.807) is 19.9 Å². The van der Waals surface area contributed by atoms with Crippen molar-refractivity contribution in [3.8, 4) is 17.0 Å². The lowest BCUT2D eigenvalue weighted by molar-refractivity contribution is 0.102. The van der Waals surface area contributed by atoms with Crippen molar-refractivity contribution in [3.05, 3.63) is 71.0 Å². The second kappa shape index (κ2) is 9.02. The molecular formula is C23H23N5O5S. The van der Waals surface area contributed by atoms with Gasteiger partial charge in [0.1, 0.15) is 11.4 Å². The number of carbonyl (C=O) groups is 1. The van der Waals surface area contributed by atoms with Crippen LogP contribution in [0, 0.1) is 13.8 Å². The molecule has 2 heterocycles. The van der Waals surface area contributed by atoms with E-state index >= 15 is 0 Å². The molecule has 34 heavy (non-hydrogen) atoms. The van der Waals surface area contributed by atoms with Gasteiger partial charge in [-0.3, -0.25) is 9.89 Å². The standard InChI is InChI=1S/C23H23N5O5S/c1-4-15-5-10-21(29)18(11-15)19-12-20(26-25-19)22(30)24-16-6-8-17(9-7-16)34(31,32)28-23-13(2)14(3)27-33-23/h5-12,28-29H,4H2,1-3H3,(H,24,30)(H,25,26). The van der Waals surface area contributed by atoms with E-state index in [2.05, 4.69) is 25.4 Å². The zero-order valence-corrected chi connectivity index (χ0v) is 19.5. The normalized spacial score (nSPS) is 11.4. The molecule has 0 atom stereocenters. The summed E-state index contributed by atoms with van der Waals surface area (Å²) in [6, 6.07) is 12.4. The third-order valence-corrected chi connectivity index (χ3v) is 6.72. The van der Waals surface area contributed by atoms with Gasteiger partial charge in [-0.25, -0.2) is 13.1 Å². The van der Waals surface area contributed by atoms with Crippen molar-refractivity contribution in [3.63, 3.8) is 0 Å². The molecule has 4 aromatic rings. The van der Waals surface area contributed by atoms with Gasteiger partial charge in [-0.15, -0.1) is 0 Å². The molecular weight excluding hydrogens is 458 g/mol. The van der Waals surface area contributed by atoms with Crippen molar-refractivity contribution in [2.75, 3.05) is 10.0 Å². The molecule has 0 bridgehead atoms. The number of aromatic amines is 1. The highest BCUT2D eigenvalue weighted by Crippen LogP contribution is 2.29. The molecule has 176 valence electrons. The van der Waals surface area contributed by atoms with E-state index < -0.39 is 15.9 Å². The Labute approximate surface area is 196 Å². The molecule has 0 aliphatic heterocycles.